The number of carbonyl (C=O) groups is 1. The molecule has 0 radical (unpaired) electrons. The highest BCUT2D eigenvalue weighted by Crippen LogP contribution is 2.38. The summed E-state index contributed by atoms with van der Waals surface area (Å²) in [7, 11) is 0. The Morgan fingerprint density at radius 3 is 2.65 bits per heavy atom. The third-order valence-corrected chi connectivity index (χ3v) is 6.66. The average molecular weight is 414 g/mol. The third kappa shape index (κ3) is 4.72. The zero-order valence-electron chi connectivity index (χ0n) is 13.9. The molecular formula is C19H18ClF2NOS2. The van der Waals surface area contributed by atoms with Crippen molar-refractivity contribution in [1.29, 1.82) is 0 Å². The summed E-state index contributed by atoms with van der Waals surface area (Å²) in [5, 5.41) is 0.968. The van der Waals surface area contributed by atoms with Crippen LogP contribution in [-0.2, 0) is 0 Å². The van der Waals surface area contributed by atoms with E-state index in [-0.39, 0.29) is 11.2 Å². The molecule has 2 aromatic carbocycles. The Bertz CT molecular complexity index is 775. The van der Waals surface area contributed by atoms with E-state index in [9.17, 15) is 13.6 Å². The fourth-order valence-corrected chi connectivity index (χ4v) is 5.20. The second-order valence-corrected chi connectivity index (χ2v) is 8.59. The number of hydrogen-bond acceptors (Lipinski definition) is 3. The number of alkyl halides is 2. The number of amides is 1. The van der Waals surface area contributed by atoms with Gasteiger partial charge in [-0.25, -0.2) is 0 Å². The summed E-state index contributed by atoms with van der Waals surface area (Å²) >= 11 is 8.50. The Morgan fingerprint density at radius 2 is 1.88 bits per heavy atom. The zero-order valence-corrected chi connectivity index (χ0v) is 16.3. The van der Waals surface area contributed by atoms with Crippen molar-refractivity contribution in [1.82, 2.24) is 4.90 Å². The van der Waals surface area contributed by atoms with Crippen LogP contribution >= 0.6 is 35.1 Å². The van der Waals surface area contributed by atoms with Crippen molar-refractivity contribution in [3.8, 4) is 0 Å². The van der Waals surface area contributed by atoms with Gasteiger partial charge in [0.25, 0.3) is 11.7 Å². The van der Waals surface area contributed by atoms with Gasteiger partial charge in [-0.15, -0.1) is 0 Å². The summed E-state index contributed by atoms with van der Waals surface area (Å²) in [5.41, 5.74) is 1.43. The zero-order chi connectivity index (χ0) is 18.5. The minimum Gasteiger partial charge on any atom is -0.338 e. The summed E-state index contributed by atoms with van der Waals surface area (Å²) in [6.07, 6.45) is 0.782. The molecule has 1 atom stereocenters. The maximum Gasteiger partial charge on any atom is 0.288 e. The van der Waals surface area contributed by atoms with Crippen molar-refractivity contribution in [2.45, 2.75) is 22.3 Å². The van der Waals surface area contributed by atoms with Gasteiger partial charge in [0.15, 0.2) is 0 Å². The SMILES string of the molecule is O=C(c1ccccc1SC(F)F)N1CCSC(c2ccccc2Cl)CC1. The van der Waals surface area contributed by atoms with E-state index in [0.717, 1.165) is 22.8 Å². The smallest absolute Gasteiger partial charge is 0.288 e. The molecule has 1 unspecified atom stereocenters. The molecule has 1 amide bonds. The summed E-state index contributed by atoms with van der Waals surface area (Å²) in [6, 6.07) is 14.3. The number of carbonyl (C=O) groups excluding carboxylic acids is 1. The van der Waals surface area contributed by atoms with Gasteiger partial charge in [0, 0.05) is 34.0 Å². The Labute approximate surface area is 165 Å². The summed E-state index contributed by atoms with van der Waals surface area (Å²) < 4.78 is 25.5. The van der Waals surface area contributed by atoms with E-state index < -0.39 is 5.76 Å². The van der Waals surface area contributed by atoms with Crippen LogP contribution in [0.25, 0.3) is 0 Å². The Morgan fingerprint density at radius 1 is 1.15 bits per heavy atom. The van der Waals surface area contributed by atoms with Crippen LogP contribution in [0.2, 0.25) is 5.02 Å². The lowest BCUT2D eigenvalue weighted by atomic mass is 10.1. The fraction of sp³-hybridized carbons (Fsp3) is 0.316. The van der Waals surface area contributed by atoms with E-state index in [0.29, 0.717) is 35.3 Å². The van der Waals surface area contributed by atoms with Gasteiger partial charge in [0.05, 0.1) is 5.56 Å². The molecule has 2 nitrogen and oxygen atoms in total. The molecule has 0 aliphatic carbocycles. The molecule has 0 spiro atoms. The molecule has 26 heavy (non-hydrogen) atoms. The first-order valence-corrected chi connectivity index (χ1v) is 10.6. The van der Waals surface area contributed by atoms with Crippen LogP contribution in [-0.4, -0.2) is 35.4 Å². The van der Waals surface area contributed by atoms with Gasteiger partial charge in [-0.1, -0.05) is 53.7 Å². The van der Waals surface area contributed by atoms with Crippen LogP contribution in [0, 0.1) is 0 Å². The second kappa shape index (κ2) is 9.11. The maximum atomic E-state index is 12.9. The summed E-state index contributed by atoms with van der Waals surface area (Å²) in [4.78, 5) is 15.0. The molecule has 0 aromatic heterocycles. The standard InChI is InChI=1S/C19H18ClF2NOS2/c20-15-7-3-1-5-13(15)16-9-10-23(11-12-25-16)18(24)14-6-2-4-8-17(14)26-19(21)22/h1-8,16,19H,9-12H2. The van der Waals surface area contributed by atoms with Crippen LogP contribution in [0.3, 0.4) is 0 Å². The van der Waals surface area contributed by atoms with E-state index in [2.05, 4.69) is 0 Å². The van der Waals surface area contributed by atoms with Gasteiger partial charge in [0.1, 0.15) is 0 Å². The highest BCUT2D eigenvalue weighted by Gasteiger charge is 2.25. The number of halogens is 3. The highest BCUT2D eigenvalue weighted by atomic mass is 35.5. The molecule has 138 valence electrons. The molecule has 0 N–H and O–H groups in total. The van der Waals surface area contributed by atoms with Crippen LogP contribution in [0.1, 0.15) is 27.6 Å². The van der Waals surface area contributed by atoms with E-state index >= 15 is 0 Å². The lowest BCUT2D eigenvalue weighted by Crippen LogP contribution is -2.33. The average Bonchev–Trinajstić information content (AvgIpc) is 2.88. The molecular weight excluding hydrogens is 396 g/mol. The largest absolute Gasteiger partial charge is 0.338 e. The monoisotopic (exact) mass is 413 g/mol. The van der Waals surface area contributed by atoms with Crippen molar-refractivity contribution < 1.29 is 13.6 Å². The fourth-order valence-electron chi connectivity index (χ4n) is 2.97. The van der Waals surface area contributed by atoms with Gasteiger partial charge < -0.3 is 4.90 Å². The van der Waals surface area contributed by atoms with Gasteiger partial charge in [-0.2, -0.15) is 20.5 Å². The lowest BCUT2D eigenvalue weighted by Gasteiger charge is -2.22. The van der Waals surface area contributed by atoms with Crippen LogP contribution in [0.5, 0.6) is 0 Å². The molecule has 1 aliphatic rings. The predicted octanol–water partition coefficient (Wildman–Crippen LogP) is 5.98. The van der Waals surface area contributed by atoms with Crippen LogP contribution in [0.4, 0.5) is 8.78 Å². The lowest BCUT2D eigenvalue weighted by molar-refractivity contribution is 0.0763. The number of thioether (sulfide) groups is 2. The quantitative estimate of drug-likeness (QED) is 0.575. The predicted molar refractivity (Wildman–Crippen MR) is 105 cm³/mol. The maximum absolute atomic E-state index is 12.9. The summed E-state index contributed by atoms with van der Waals surface area (Å²) in [5.74, 6) is -1.95. The molecule has 0 bridgehead atoms. The Hall–Kier alpha value is -1.24. The van der Waals surface area contributed by atoms with Crippen molar-refractivity contribution in [3.63, 3.8) is 0 Å². The molecule has 2 aromatic rings. The number of rotatable bonds is 4. The molecule has 1 heterocycles. The van der Waals surface area contributed by atoms with Gasteiger partial charge in [-0.3, -0.25) is 4.79 Å². The third-order valence-electron chi connectivity index (χ3n) is 4.21. The minimum absolute atomic E-state index is 0.186. The molecule has 7 heteroatoms. The van der Waals surface area contributed by atoms with E-state index in [1.807, 2.05) is 24.3 Å². The first-order chi connectivity index (χ1) is 12.6. The van der Waals surface area contributed by atoms with E-state index in [1.165, 1.54) is 0 Å². The Balaban J connectivity index is 1.73. The minimum atomic E-state index is -2.55. The van der Waals surface area contributed by atoms with Gasteiger partial charge >= 0.3 is 0 Å². The molecule has 0 saturated carbocycles. The molecule has 1 aliphatic heterocycles. The topological polar surface area (TPSA) is 20.3 Å². The second-order valence-electron chi connectivity index (χ2n) is 5.84. The molecule has 3 rings (SSSR count). The summed E-state index contributed by atoms with van der Waals surface area (Å²) in [6.45, 7) is 1.17. The van der Waals surface area contributed by atoms with Gasteiger partial charge in [-0.05, 0) is 30.2 Å². The Kier molecular flexibility index (Phi) is 6.84. The van der Waals surface area contributed by atoms with Crippen molar-refractivity contribution >= 4 is 41.0 Å². The van der Waals surface area contributed by atoms with Crippen molar-refractivity contribution in [2.24, 2.45) is 0 Å². The van der Waals surface area contributed by atoms with Crippen molar-refractivity contribution in [2.75, 3.05) is 18.8 Å². The first kappa shape index (κ1) is 19.5. The normalized spacial score (nSPS) is 18.0. The van der Waals surface area contributed by atoms with Crippen molar-refractivity contribution in [3.05, 3.63) is 64.7 Å². The van der Waals surface area contributed by atoms with E-state index in [1.54, 1.807) is 40.9 Å². The number of nitrogens with zero attached hydrogens (tertiary/aromatic N) is 1. The number of hydrogen-bond donors (Lipinski definition) is 0. The van der Waals surface area contributed by atoms with Crippen LogP contribution < -0.4 is 0 Å². The highest BCUT2D eigenvalue weighted by molar-refractivity contribution is 7.99. The number of benzene rings is 2. The van der Waals surface area contributed by atoms with Crippen LogP contribution in [0.15, 0.2) is 53.4 Å². The molecule has 1 fully saturated rings. The first-order valence-electron chi connectivity index (χ1n) is 8.25. The van der Waals surface area contributed by atoms with E-state index in [4.69, 9.17) is 11.6 Å². The van der Waals surface area contributed by atoms with Gasteiger partial charge in [0.2, 0.25) is 0 Å². The molecule has 1 saturated heterocycles.